The number of nitrogens with two attached hydrogens (primary N) is 2. The van der Waals surface area contributed by atoms with Gasteiger partial charge < -0.3 is 15.7 Å². The smallest absolute Gasteiger partial charge is 0.341 e. The Hall–Kier alpha value is -2.21. The molecule has 2 aromatic rings. The first-order valence-electron chi connectivity index (χ1n) is 5.55. The summed E-state index contributed by atoms with van der Waals surface area (Å²) in [6.45, 7) is 1.76. The van der Waals surface area contributed by atoms with Gasteiger partial charge in [0, 0.05) is 5.69 Å². The predicted molar refractivity (Wildman–Crippen MR) is 74.3 cm³/mol. The molecule has 0 heterocycles. The van der Waals surface area contributed by atoms with Crippen LogP contribution in [0.4, 0.5) is 11.4 Å². The normalized spacial score (nSPS) is 11.2. The van der Waals surface area contributed by atoms with Crippen LogP contribution >= 0.6 is 0 Å². The van der Waals surface area contributed by atoms with E-state index in [4.69, 9.17) is 15.7 Å². The van der Waals surface area contributed by atoms with Crippen LogP contribution in [0.25, 0.3) is 0 Å². The van der Waals surface area contributed by atoms with Gasteiger partial charge in [0.25, 0.3) is 0 Å². The Morgan fingerprint density at radius 2 is 1.74 bits per heavy atom. The second-order valence-electron chi connectivity index (χ2n) is 4.10. The number of aryl methyl sites for hydroxylation is 1. The Morgan fingerprint density at radius 1 is 1.05 bits per heavy atom. The number of anilines is 2. The van der Waals surface area contributed by atoms with Crippen LogP contribution in [0.15, 0.2) is 47.4 Å². The molecule has 2 rings (SSSR count). The first-order chi connectivity index (χ1) is 8.90. The molecule has 0 atom stereocenters. The maximum Gasteiger partial charge on any atom is 0.341 e. The fourth-order valence-electron chi connectivity index (χ4n) is 1.58. The van der Waals surface area contributed by atoms with Crippen LogP contribution in [0.5, 0.6) is 5.75 Å². The molecule has 0 unspecified atom stereocenters. The van der Waals surface area contributed by atoms with Crippen LogP contribution in [0.2, 0.25) is 0 Å². The molecule has 0 aliphatic rings. The van der Waals surface area contributed by atoms with Gasteiger partial charge in [-0.1, -0.05) is 18.2 Å². The number of rotatable bonds is 3. The van der Waals surface area contributed by atoms with E-state index in [1.807, 2.05) is 0 Å². The summed E-state index contributed by atoms with van der Waals surface area (Å²) in [6.07, 6.45) is 0. The van der Waals surface area contributed by atoms with E-state index < -0.39 is 10.1 Å². The second-order valence-corrected chi connectivity index (χ2v) is 5.61. The average molecular weight is 278 g/mol. The summed E-state index contributed by atoms with van der Waals surface area (Å²) >= 11 is 0. The molecule has 0 saturated carbocycles. The minimum atomic E-state index is -3.99. The third kappa shape index (κ3) is 2.79. The van der Waals surface area contributed by atoms with Crippen LogP contribution in [0.1, 0.15) is 5.56 Å². The lowest BCUT2D eigenvalue weighted by atomic mass is 10.2. The number of nitrogen functional groups attached to an aromatic ring is 2. The minimum absolute atomic E-state index is 0.0998. The van der Waals surface area contributed by atoms with E-state index in [1.54, 1.807) is 31.2 Å². The van der Waals surface area contributed by atoms with Gasteiger partial charge in [-0.2, -0.15) is 8.42 Å². The van der Waals surface area contributed by atoms with Crippen LogP contribution in [0, 0.1) is 6.92 Å². The predicted octanol–water partition coefficient (Wildman–Crippen LogP) is 1.93. The van der Waals surface area contributed by atoms with Crippen molar-refractivity contribution in [2.24, 2.45) is 0 Å². The molecule has 0 saturated heterocycles. The molecular weight excluding hydrogens is 264 g/mol. The molecular formula is C13H14N2O3S. The van der Waals surface area contributed by atoms with E-state index in [2.05, 4.69) is 0 Å². The van der Waals surface area contributed by atoms with Gasteiger partial charge in [0.15, 0.2) is 0 Å². The van der Waals surface area contributed by atoms with E-state index in [-0.39, 0.29) is 16.3 Å². The molecule has 0 aromatic heterocycles. The summed E-state index contributed by atoms with van der Waals surface area (Å²) in [4.78, 5) is -0.129. The molecule has 0 fully saturated rings. The Kier molecular flexibility index (Phi) is 3.35. The summed E-state index contributed by atoms with van der Waals surface area (Å²) in [7, 11) is -3.99. The number of benzene rings is 2. The summed E-state index contributed by atoms with van der Waals surface area (Å²) in [6, 6.07) is 11.1. The summed E-state index contributed by atoms with van der Waals surface area (Å²) in [5, 5.41) is 0. The van der Waals surface area contributed by atoms with E-state index in [9.17, 15) is 8.42 Å². The van der Waals surface area contributed by atoms with E-state index in [0.29, 0.717) is 11.3 Å². The van der Waals surface area contributed by atoms with Crippen molar-refractivity contribution in [2.75, 3.05) is 11.5 Å². The van der Waals surface area contributed by atoms with Crippen LogP contribution < -0.4 is 15.7 Å². The molecule has 0 radical (unpaired) electrons. The van der Waals surface area contributed by atoms with E-state index in [1.165, 1.54) is 18.2 Å². The van der Waals surface area contributed by atoms with Crippen molar-refractivity contribution in [1.29, 1.82) is 0 Å². The lowest BCUT2D eigenvalue weighted by molar-refractivity contribution is 0.484. The Labute approximate surface area is 111 Å². The van der Waals surface area contributed by atoms with Crippen molar-refractivity contribution in [3.8, 4) is 5.75 Å². The van der Waals surface area contributed by atoms with E-state index in [0.717, 1.165) is 0 Å². The van der Waals surface area contributed by atoms with Gasteiger partial charge >= 0.3 is 10.1 Å². The standard InChI is InChI=1S/C13H14N2O3S/c1-9-4-2-3-5-12(9)18-19(16,17)13-8-10(14)6-7-11(13)15/h2-8H,14-15H2,1H3. The SMILES string of the molecule is Cc1ccccc1OS(=O)(=O)c1cc(N)ccc1N. The highest BCUT2D eigenvalue weighted by Crippen LogP contribution is 2.26. The molecule has 0 aliphatic heterocycles. The maximum absolute atomic E-state index is 12.2. The Morgan fingerprint density at radius 3 is 2.42 bits per heavy atom. The highest BCUT2D eigenvalue weighted by Gasteiger charge is 2.20. The molecule has 100 valence electrons. The molecule has 0 bridgehead atoms. The van der Waals surface area contributed by atoms with Crippen LogP contribution in [-0.4, -0.2) is 8.42 Å². The molecule has 4 N–H and O–H groups in total. The first-order valence-corrected chi connectivity index (χ1v) is 6.96. The van der Waals surface area contributed by atoms with Gasteiger partial charge in [-0.15, -0.1) is 0 Å². The largest absolute Gasteiger partial charge is 0.399 e. The molecule has 0 aliphatic carbocycles. The summed E-state index contributed by atoms with van der Waals surface area (Å²) in [5.74, 6) is 0.268. The molecule has 6 heteroatoms. The molecule has 5 nitrogen and oxygen atoms in total. The zero-order valence-electron chi connectivity index (χ0n) is 10.3. The highest BCUT2D eigenvalue weighted by atomic mass is 32.2. The van der Waals surface area contributed by atoms with Crippen LogP contribution in [-0.2, 0) is 10.1 Å². The second kappa shape index (κ2) is 4.81. The van der Waals surface area contributed by atoms with Gasteiger partial charge in [-0.25, -0.2) is 0 Å². The van der Waals surface area contributed by atoms with Gasteiger partial charge in [-0.3, -0.25) is 0 Å². The minimum Gasteiger partial charge on any atom is -0.399 e. The highest BCUT2D eigenvalue weighted by molar-refractivity contribution is 7.87. The zero-order chi connectivity index (χ0) is 14.0. The van der Waals surface area contributed by atoms with Crippen molar-refractivity contribution >= 4 is 21.5 Å². The van der Waals surface area contributed by atoms with Crippen molar-refractivity contribution in [1.82, 2.24) is 0 Å². The number of hydrogen-bond donors (Lipinski definition) is 2. The number of hydrogen-bond acceptors (Lipinski definition) is 5. The molecule has 19 heavy (non-hydrogen) atoms. The maximum atomic E-state index is 12.2. The van der Waals surface area contributed by atoms with Gasteiger partial charge in [-0.05, 0) is 36.8 Å². The molecule has 0 spiro atoms. The zero-order valence-corrected chi connectivity index (χ0v) is 11.1. The monoisotopic (exact) mass is 278 g/mol. The van der Waals surface area contributed by atoms with Crippen molar-refractivity contribution in [3.05, 3.63) is 48.0 Å². The van der Waals surface area contributed by atoms with Crippen LogP contribution in [0.3, 0.4) is 0 Å². The summed E-state index contributed by atoms with van der Waals surface area (Å²) < 4.78 is 29.4. The fourth-order valence-corrected chi connectivity index (χ4v) is 2.73. The topological polar surface area (TPSA) is 95.4 Å². The fraction of sp³-hybridized carbons (Fsp3) is 0.0769. The lowest BCUT2D eigenvalue weighted by Gasteiger charge is -2.11. The van der Waals surface area contributed by atoms with Crippen molar-refractivity contribution in [2.45, 2.75) is 11.8 Å². The summed E-state index contributed by atoms with van der Waals surface area (Å²) in [5.41, 5.74) is 12.3. The average Bonchev–Trinajstić information content (AvgIpc) is 2.35. The van der Waals surface area contributed by atoms with Gasteiger partial charge in [0.1, 0.15) is 10.6 Å². The third-order valence-corrected chi connectivity index (χ3v) is 3.89. The van der Waals surface area contributed by atoms with Gasteiger partial charge in [0.05, 0.1) is 5.69 Å². The molecule has 2 aromatic carbocycles. The van der Waals surface area contributed by atoms with Crippen molar-refractivity contribution < 1.29 is 12.6 Å². The number of para-hydroxylation sites is 1. The third-order valence-electron chi connectivity index (χ3n) is 2.60. The molecule has 0 amide bonds. The Bertz CT molecular complexity index is 712. The Balaban J connectivity index is 2.44. The van der Waals surface area contributed by atoms with Gasteiger partial charge in [0.2, 0.25) is 0 Å². The van der Waals surface area contributed by atoms with E-state index >= 15 is 0 Å². The quantitative estimate of drug-likeness (QED) is 0.660. The first kappa shape index (κ1) is 13.2. The lowest BCUT2D eigenvalue weighted by Crippen LogP contribution is -2.13. The van der Waals surface area contributed by atoms with Crippen molar-refractivity contribution in [3.63, 3.8) is 0 Å².